The van der Waals surface area contributed by atoms with Crippen molar-refractivity contribution in [3.05, 3.63) is 77.5 Å². The molecule has 2 amide bonds. The Labute approximate surface area is 210 Å². The molecular weight excluding hydrogens is 476 g/mol. The lowest BCUT2D eigenvalue weighted by Crippen LogP contribution is -2.46. The number of sulfonamides is 1. The number of primary sulfonamides is 1. The van der Waals surface area contributed by atoms with Gasteiger partial charge in [0.05, 0.1) is 23.3 Å². The third kappa shape index (κ3) is 4.94. The van der Waals surface area contributed by atoms with Crippen LogP contribution in [0.4, 0.5) is 0 Å². The number of aromatic amines is 1. The van der Waals surface area contributed by atoms with Crippen molar-refractivity contribution in [3.8, 4) is 0 Å². The van der Waals surface area contributed by atoms with Crippen LogP contribution in [0, 0.1) is 11.8 Å². The lowest BCUT2D eigenvalue weighted by molar-refractivity contribution is -0.142. The van der Waals surface area contributed by atoms with Crippen LogP contribution in [0.15, 0.2) is 65.6 Å². The number of carbonyl (C=O) groups excluding carboxylic acids is 2. The molecule has 0 saturated heterocycles. The van der Waals surface area contributed by atoms with Gasteiger partial charge in [0.15, 0.2) is 0 Å². The summed E-state index contributed by atoms with van der Waals surface area (Å²) in [4.78, 5) is 32.0. The van der Waals surface area contributed by atoms with Gasteiger partial charge >= 0.3 is 0 Å². The van der Waals surface area contributed by atoms with Crippen LogP contribution in [-0.2, 0) is 39.0 Å². The number of rotatable bonds is 6. The van der Waals surface area contributed by atoms with Crippen LogP contribution in [0.3, 0.4) is 0 Å². The molecule has 2 heterocycles. The zero-order chi connectivity index (χ0) is 25.3. The fraction of sp³-hybridized carbons (Fsp3) is 0.333. The number of benzene rings is 2. The van der Waals surface area contributed by atoms with E-state index in [2.05, 4.69) is 22.4 Å². The Hall–Kier alpha value is -3.43. The Bertz CT molecular complexity index is 1430. The predicted molar refractivity (Wildman–Crippen MR) is 137 cm³/mol. The fourth-order valence-corrected chi connectivity index (χ4v) is 5.81. The number of H-pyrrole nitrogens is 1. The maximum atomic E-state index is 13.5. The van der Waals surface area contributed by atoms with Gasteiger partial charge in [0.2, 0.25) is 21.8 Å². The Kier molecular flexibility index (Phi) is 6.68. The van der Waals surface area contributed by atoms with Crippen LogP contribution < -0.4 is 10.5 Å². The van der Waals surface area contributed by atoms with Crippen LogP contribution in [0.5, 0.6) is 0 Å². The second-order valence-electron chi connectivity index (χ2n) is 9.52. The van der Waals surface area contributed by atoms with Crippen LogP contribution in [0.2, 0.25) is 0 Å². The number of nitrogens with one attached hydrogen (secondary N) is 2. The molecule has 0 fully saturated rings. The van der Waals surface area contributed by atoms with E-state index in [4.69, 9.17) is 5.14 Å². The van der Waals surface area contributed by atoms with Gasteiger partial charge in [-0.3, -0.25) is 9.59 Å². The fourth-order valence-electron chi connectivity index (χ4n) is 5.30. The number of fused-ring (bicyclic) bond motifs is 3. The standard InChI is InChI=1S/C27H30N4O4S/c28-36(34,35)19-11-9-18(10-12-19)13-15-29-26(32)22-6-1-2-7-23(22)27(33)31-16-14-21-20-5-3-4-8-24(20)30-25(21)17-31/h1-5,8-12,22-23,30H,6-7,13-17H2,(H,29,32)(H2,28,34,35). The zero-order valence-corrected chi connectivity index (χ0v) is 20.8. The van der Waals surface area contributed by atoms with Crippen molar-refractivity contribution < 1.29 is 18.0 Å². The van der Waals surface area contributed by atoms with Gasteiger partial charge < -0.3 is 15.2 Å². The normalized spacial score (nSPS) is 19.8. The first kappa shape index (κ1) is 24.3. The van der Waals surface area contributed by atoms with E-state index in [1.54, 1.807) is 12.1 Å². The van der Waals surface area contributed by atoms with E-state index >= 15 is 0 Å². The monoisotopic (exact) mass is 506 g/mol. The van der Waals surface area contributed by atoms with E-state index in [1.165, 1.54) is 23.1 Å². The van der Waals surface area contributed by atoms with Crippen molar-refractivity contribution >= 4 is 32.7 Å². The van der Waals surface area contributed by atoms with Gasteiger partial charge in [-0.25, -0.2) is 13.6 Å². The van der Waals surface area contributed by atoms with Crippen LogP contribution in [-0.4, -0.2) is 43.2 Å². The van der Waals surface area contributed by atoms with Crippen molar-refractivity contribution in [1.82, 2.24) is 15.2 Å². The quantitative estimate of drug-likeness (QED) is 0.445. The molecule has 188 valence electrons. The number of nitrogens with two attached hydrogens (primary N) is 1. The molecule has 4 N–H and O–H groups in total. The van der Waals surface area contributed by atoms with E-state index < -0.39 is 15.9 Å². The molecule has 2 unspecified atom stereocenters. The first-order valence-corrected chi connectivity index (χ1v) is 13.8. The van der Waals surface area contributed by atoms with Gasteiger partial charge in [-0.2, -0.15) is 0 Å². The van der Waals surface area contributed by atoms with Gasteiger partial charge in [0, 0.05) is 29.7 Å². The van der Waals surface area contributed by atoms with Crippen molar-refractivity contribution in [2.75, 3.05) is 13.1 Å². The second-order valence-corrected chi connectivity index (χ2v) is 11.1. The summed E-state index contributed by atoms with van der Waals surface area (Å²) in [5.74, 6) is -0.879. The molecule has 1 aromatic heterocycles. The number of allylic oxidation sites excluding steroid dienone is 2. The van der Waals surface area contributed by atoms with Crippen molar-refractivity contribution in [2.45, 2.75) is 37.1 Å². The summed E-state index contributed by atoms with van der Waals surface area (Å²) >= 11 is 0. The van der Waals surface area contributed by atoms with Crippen molar-refractivity contribution in [2.24, 2.45) is 17.0 Å². The van der Waals surface area contributed by atoms with Gasteiger partial charge in [-0.1, -0.05) is 42.5 Å². The maximum absolute atomic E-state index is 13.5. The number of amides is 2. The van der Waals surface area contributed by atoms with E-state index in [9.17, 15) is 18.0 Å². The lowest BCUT2D eigenvalue weighted by Gasteiger charge is -2.34. The molecule has 3 aromatic rings. The summed E-state index contributed by atoms with van der Waals surface area (Å²) < 4.78 is 22.8. The summed E-state index contributed by atoms with van der Waals surface area (Å²) in [6.45, 7) is 1.58. The number of hydrogen-bond acceptors (Lipinski definition) is 4. The minimum absolute atomic E-state index is 0.0300. The summed E-state index contributed by atoms with van der Waals surface area (Å²) in [6, 6.07) is 14.5. The highest BCUT2D eigenvalue weighted by molar-refractivity contribution is 7.89. The SMILES string of the molecule is NS(=O)(=O)c1ccc(CCNC(=O)C2CC=CCC2C(=O)N2CCc3c([nH]c4ccccc34)C2)cc1. The molecule has 1 aliphatic carbocycles. The number of nitrogens with zero attached hydrogens (tertiary/aromatic N) is 1. The van der Waals surface area contributed by atoms with E-state index in [1.807, 2.05) is 29.2 Å². The molecule has 0 bridgehead atoms. The zero-order valence-electron chi connectivity index (χ0n) is 19.9. The first-order valence-electron chi connectivity index (χ1n) is 12.2. The van der Waals surface area contributed by atoms with Gasteiger partial charge in [-0.05, 0) is 55.0 Å². The Morgan fingerprint density at radius 2 is 1.75 bits per heavy atom. The minimum Gasteiger partial charge on any atom is -0.357 e. The van der Waals surface area contributed by atoms with E-state index in [0.29, 0.717) is 38.9 Å². The summed E-state index contributed by atoms with van der Waals surface area (Å²) in [6.07, 6.45) is 6.42. The van der Waals surface area contributed by atoms with Crippen LogP contribution in [0.25, 0.3) is 10.9 Å². The molecule has 5 rings (SSSR count). The molecule has 2 aromatic carbocycles. The number of carbonyl (C=O) groups is 2. The topological polar surface area (TPSA) is 125 Å². The number of hydrogen-bond donors (Lipinski definition) is 3. The molecule has 9 heteroatoms. The number of aromatic nitrogens is 1. The van der Waals surface area contributed by atoms with Crippen LogP contribution in [0.1, 0.15) is 29.7 Å². The van der Waals surface area contributed by atoms with Crippen molar-refractivity contribution in [1.29, 1.82) is 0 Å². The third-order valence-corrected chi connectivity index (χ3v) is 8.17. The molecule has 1 aliphatic heterocycles. The first-order chi connectivity index (χ1) is 17.3. The molecule has 0 saturated carbocycles. The van der Waals surface area contributed by atoms with Gasteiger partial charge in [0.25, 0.3) is 0 Å². The highest BCUT2D eigenvalue weighted by Gasteiger charge is 2.37. The smallest absolute Gasteiger partial charge is 0.238 e. The Balaban J connectivity index is 1.21. The third-order valence-electron chi connectivity index (χ3n) is 7.25. The molecule has 8 nitrogen and oxygen atoms in total. The Morgan fingerprint density at radius 1 is 1.03 bits per heavy atom. The number of para-hydroxylation sites is 1. The molecule has 2 aliphatic rings. The predicted octanol–water partition coefficient (Wildman–Crippen LogP) is 2.64. The highest BCUT2D eigenvalue weighted by Crippen LogP contribution is 2.32. The van der Waals surface area contributed by atoms with Crippen molar-refractivity contribution in [3.63, 3.8) is 0 Å². The molecule has 2 atom stereocenters. The highest BCUT2D eigenvalue weighted by atomic mass is 32.2. The average molecular weight is 507 g/mol. The van der Waals surface area contributed by atoms with Gasteiger partial charge in [-0.15, -0.1) is 0 Å². The molecule has 0 spiro atoms. The lowest BCUT2D eigenvalue weighted by atomic mass is 9.81. The summed E-state index contributed by atoms with van der Waals surface area (Å²) in [5.41, 5.74) is 4.34. The summed E-state index contributed by atoms with van der Waals surface area (Å²) in [7, 11) is -3.73. The maximum Gasteiger partial charge on any atom is 0.238 e. The molecule has 36 heavy (non-hydrogen) atoms. The second kappa shape index (κ2) is 9.91. The molecule has 0 radical (unpaired) electrons. The van der Waals surface area contributed by atoms with E-state index in [-0.39, 0.29) is 22.6 Å². The minimum atomic E-state index is -3.73. The summed E-state index contributed by atoms with van der Waals surface area (Å²) in [5, 5.41) is 9.33. The average Bonchev–Trinajstić information content (AvgIpc) is 3.26. The molecular formula is C27H30N4O4S. The van der Waals surface area contributed by atoms with Crippen LogP contribution >= 0.6 is 0 Å². The van der Waals surface area contributed by atoms with E-state index in [0.717, 1.165) is 23.2 Å². The largest absolute Gasteiger partial charge is 0.357 e. The van der Waals surface area contributed by atoms with Gasteiger partial charge in [0.1, 0.15) is 0 Å². The Morgan fingerprint density at radius 3 is 2.50 bits per heavy atom.